The second kappa shape index (κ2) is 5.17. The fraction of sp³-hybridized carbons (Fsp3) is 0.273. The van der Waals surface area contributed by atoms with E-state index in [0.717, 1.165) is 18.2 Å². The third-order valence-corrected chi connectivity index (χ3v) is 4.12. The molecule has 2 rings (SSSR count). The van der Waals surface area contributed by atoms with Gasteiger partial charge in [-0.3, -0.25) is 9.59 Å². The summed E-state index contributed by atoms with van der Waals surface area (Å²) in [5.74, 6) is -4.20. The number of β-amino-alcohol motifs (C(OH)–C–C–N with tert-alkyl or cyclic N) is 1. The van der Waals surface area contributed by atoms with Crippen molar-refractivity contribution in [2.75, 3.05) is 6.54 Å². The Labute approximate surface area is 113 Å². The molecule has 9 heteroatoms. The number of benzene rings is 1. The zero-order chi connectivity index (χ0) is 14.9. The van der Waals surface area contributed by atoms with Crippen LogP contribution in [0.15, 0.2) is 29.2 Å². The second-order valence-corrected chi connectivity index (χ2v) is 5.90. The lowest BCUT2D eigenvalue weighted by Gasteiger charge is -2.12. The summed E-state index contributed by atoms with van der Waals surface area (Å²) in [6.45, 7) is -0.128. The summed E-state index contributed by atoms with van der Waals surface area (Å²) in [7, 11) is -4.30. The van der Waals surface area contributed by atoms with Crippen LogP contribution in [0.3, 0.4) is 0 Å². The highest BCUT2D eigenvalue weighted by Crippen LogP contribution is 2.14. The van der Waals surface area contributed by atoms with E-state index in [0.29, 0.717) is 0 Å². The van der Waals surface area contributed by atoms with E-state index in [1.54, 1.807) is 4.72 Å². The number of halogens is 1. The molecule has 1 aromatic carbocycles. The molecule has 0 aliphatic carbocycles. The fourth-order valence-corrected chi connectivity index (χ4v) is 2.83. The van der Waals surface area contributed by atoms with Gasteiger partial charge in [-0.05, 0) is 18.2 Å². The first-order valence-electron chi connectivity index (χ1n) is 5.59. The molecule has 0 aromatic heterocycles. The smallest absolute Gasteiger partial charge is 0.264 e. The van der Waals surface area contributed by atoms with Gasteiger partial charge in [0.25, 0.3) is 10.0 Å². The molecule has 2 amide bonds. The molecule has 0 spiro atoms. The van der Waals surface area contributed by atoms with Crippen molar-refractivity contribution in [3.05, 3.63) is 30.1 Å². The summed E-state index contributed by atoms with van der Waals surface area (Å²) < 4.78 is 38.3. The Morgan fingerprint density at radius 3 is 2.70 bits per heavy atom. The Bertz CT molecular complexity index is 661. The van der Waals surface area contributed by atoms with Crippen molar-refractivity contribution in [2.45, 2.75) is 11.0 Å². The summed E-state index contributed by atoms with van der Waals surface area (Å²) >= 11 is 0. The average molecular weight is 302 g/mol. The number of nitrogens with one attached hydrogen (secondary N) is 2. The van der Waals surface area contributed by atoms with Crippen LogP contribution in [0.2, 0.25) is 0 Å². The maximum Gasteiger partial charge on any atom is 0.264 e. The van der Waals surface area contributed by atoms with E-state index in [-0.39, 0.29) is 6.54 Å². The van der Waals surface area contributed by atoms with Crippen molar-refractivity contribution in [1.82, 2.24) is 10.0 Å². The predicted octanol–water partition coefficient (Wildman–Crippen LogP) is -1.26. The van der Waals surface area contributed by atoms with Crippen LogP contribution in [-0.4, -0.2) is 38.0 Å². The van der Waals surface area contributed by atoms with Gasteiger partial charge in [0, 0.05) is 6.54 Å². The van der Waals surface area contributed by atoms with Crippen LogP contribution in [0.4, 0.5) is 4.39 Å². The number of rotatable bonds is 3. The van der Waals surface area contributed by atoms with Crippen LogP contribution in [0.1, 0.15) is 0 Å². The third-order valence-electron chi connectivity index (χ3n) is 2.78. The molecule has 0 radical (unpaired) electrons. The Hall–Kier alpha value is -2.00. The third kappa shape index (κ3) is 2.78. The maximum atomic E-state index is 13.0. The number of hydrogen-bond donors (Lipinski definition) is 3. The number of aliphatic hydroxyl groups is 1. The van der Waals surface area contributed by atoms with E-state index >= 15 is 0 Å². The lowest BCUT2D eigenvalue weighted by molar-refractivity contribution is -0.134. The van der Waals surface area contributed by atoms with Gasteiger partial charge in [-0.2, -0.15) is 0 Å². The summed E-state index contributed by atoms with van der Waals surface area (Å²) in [4.78, 5) is 22.6. The molecule has 1 aliphatic heterocycles. The zero-order valence-electron chi connectivity index (χ0n) is 10.0. The molecule has 0 bridgehead atoms. The molecule has 2 unspecified atom stereocenters. The number of aliphatic hydroxyl groups excluding tert-OH is 1. The van der Waals surface area contributed by atoms with Crippen LogP contribution in [0.5, 0.6) is 0 Å². The minimum Gasteiger partial charge on any atom is -0.390 e. The molecular weight excluding hydrogens is 291 g/mol. The Balaban J connectivity index is 2.20. The number of sulfonamides is 1. The second-order valence-electron chi connectivity index (χ2n) is 4.22. The Morgan fingerprint density at radius 2 is 2.15 bits per heavy atom. The molecule has 20 heavy (non-hydrogen) atoms. The van der Waals surface area contributed by atoms with E-state index in [4.69, 9.17) is 0 Å². The van der Waals surface area contributed by atoms with E-state index in [1.165, 1.54) is 6.07 Å². The molecule has 1 heterocycles. The lowest BCUT2D eigenvalue weighted by atomic mass is 10.1. The maximum absolute atomic E-state index is 13.0. The summed E-state index contributed by atoms with van der Waals surface area (Å²) in [6, 6.07) is 4.06. The molecule has 1 fully saturated rings. The first kappa shape index (κ1) is 14.4. The van der Waals surface area contributed by atoms with Crippen LogP contribution >= 0.6 is 0 Å². The van der Waals surface area contributed by atoms with Crippen molar-refractivity contribution in [3.8, 4) is 0 Å². The van der Waals surface area contributed by atoms with E-state index < -0.39 is 44.6 Å². The summed E-state index contributed by atoms with van der Waals surface area (Å²) in [6.07, 6.45) is -1.30. The zero-order valence-corrected chi connectivity index (χ0v) is 10.9. The quantitative estimate of drug-likeness (QED) is 0.603. The molecule has 1 aromatic rings. The van der Waals surface area contributed by atoms with Gasteiger partial charge in [0.05, 0.1) is 11.0 Å². The van der Waals surface area contributed by atoms with Crippen LogP contribution in [-0.2, 0) is 19.6 Å². The van der Waals surface area contributed by atoms with Gasteiger partial charge in [0.1, 0.15) is 11.7 Å². The normalized spacial score (nSPS) is 22.4. The van der Waals surface area contributed by atoms with Crippen LogP contribution < -0.4 is 10.0 Å². The van der Waals surface area contributed by atoms with Crippen LogP contribution in [0, 0.1) is 11.7 Å². The number of carbonyl (C=O) groups is 2. The number of carbonyl (C=O) groups excluding carboxylic acids is 2. The fourth-order valence-electron chi connectivity index (χ4n) is 1.79. The lowest BCUT2D eigenvalue weighted by Crippen LogP contribution is -2.42. The summed E-state index contributed by atoms with van der Waals surface area (Å²) in [5.41, 5.74) is 0. The molecule has 0 saturated carbocycles. The largest absolute Gasteiger partial charge is 0.390 e. The van der Waals surface area contributed by atoms with Gasteiger partial charge < -0.3 is 10.4 Å². The molecule has 108 valence electrons. The van der Waals surface area contributed by atoms with E-state index in [2.05, 4.69) is 5.32 Å². The highest BCUT2D eigenvalue weighted by Gasteiger charge is 2.40. The summed E-state index contributed by atoms with van der Waals surface area (Å²) in [5, 5.41) is 11.7. The van der Waals surface area contributed by atoms with Crippen molar-refractivity contribution in [1.29, 1.82) is 0 Å². The molecule has 3 N–H and O–H groups in total. The molecule has 2 atom stereocenters. The highest BCUT2D eigenvalue weighted by molar-refractivity contribution is 7.90. The van der Waals surface area contributed by atoms with Crippen molar-refractivity contribution in [3.63, 3.8) is 0 Å². The van der Waals surface area contributed by atoms with Gasteiger partial charge in [-0.1, -0.05) is 6.07 Å². The minimum atomic E-state index is -4.30. The Kier molecular flexibility index (Phi) is 3.73. The topological polar surface area (TPSA) is 113 Å². The highest BCUT2D eigenvalue weighted by atomic mass is 32.2. The Morgan fingerprint density at radius 1 is 1.45 bits per heavy atom. The van der Waals surface area contributed by atoms with Gasteiger partial charge >= 0.3 is 0 Å². The molecule has 7 nitrogen and oxygen atoms in total. The average Bonchev–Trinajstić information content (AvgIpc) is 2.68. The standard InChI is InChI=1S/C11H11FN2O5S/c12-6-2-1-3-7(4-6)20(18,19)14-11(17)9-8(15)5-13-10(9)16/h1-4,8-9,15H,5H2,(H,13,16)(H,14,17). The van der Waals surface area contributed by atoms with Crippen molar-refractivity contribution >= 4 is 21.8 Å². The first-order valence-corrected chi connectivity index (χ1v) is 7.07. The van der Waals surface area contributed by atoms with Crippen molar-refractivity contribution < 1.29 is 27.5 Å². The predicted molar refractivity (Wildman–Crippen MR) is 64.2 cm³/mol. The van der Waals surface area contributed by atoms with E-state index in [1.807, 2.05) is 0 Å². The van der Waals surface area contributed by atoms with Crippen molar-refractivity contribution in [2.24, 2.45) is 5.92 Å². The number of amides is 2. The van der Waals surface area contributed by atoms with Crippen LogP contribution in [0.25, 0.3) is 0 Å². The SMILES string of the molecule is O=C1NCC(O)C1C(=O)NS(=O)(=O)c1cccc(F)c1. The van der Waals surface area contributed by atoms with Gasteiger partial charge in [-0.15, -0.1) is 0 Å². The first-order chi connectivity index (χ1) is 9.31. The van der Waals surface area contributed by atoms with E-state index in [9.17, 15) is 27.5 Å². The monoisotopic (exact) mass is 302 g/mol. The number of hydrogen-bond acceptors (Lipinski definition) is 5. The minimum absolute atomic E-state index is 0.128. The molecule has 1 saturated heterocycles. The molecular formula is C11H11FN2O5S. The van der Waals surface area contributed by atoms with Gasteiger partial charge in [0.15, 0.2) is 0 Å². The van der Waals surface area contributed by atoms with Gasteiger partial charge in [0.2, 0.25) is 11.8 Å². The van der Waals surface area contributed by atoms with Gasteiger partial charge in [-0.25, -0.2) is 17.5 Å². The molecule has 1 aliphatic rings.